The first-order valence-electron chi connectivity index (χ1n) is 6.63. The van der Waals surface area contributed by atoms with Crippen molar-refractivity contribution in [1.29, 1.82) is 0 Å². The summed E-state index contributed by atoms with van der Waals surface area (Å²) in [6.45, 7) is 0.347. The summed E-state index contributed by atoms with van der Waals surface area (Å²) in [4.78, 5) is 12.3. The Morgan fingerprint density at radius 3 is 2.76 bits per heavy atom. The largest absolute Gasteiger partial charge is 0.508 e. The standard InChI is InChI=1S/C16H14BrNO3/c17-12-1-3-13(4-2-12)18-16(20)11-7-10-8-14(19)5-6-15(10)21-9-11/h1-6,8,11,19H,7,9H2,(H,18,20). The number of rotatable bonds is 2. The summed E-state index contributed by atoms with van der Waals surface area (Å²) in [6, 6.07) is 12.4. The van der Waals surface area contributed by atoms with E-state index in [0.29, 0.717) is 13.0 Å². The Morgan fingerprint density at radius 1 is 1.24 bits per heavy atom. The highest BCUT2D eigenvalue weighted by atomic mass is 79.9. The van der Waals surface area contributed by atoms with Crippen molar-refractivity contribution in [3.63, 3.8) is 0 Å². The van der Waals surface area contributed by atoms with Crippen LogP contribution in [-0.4, -0.2) is 17.6 Å². The summed E-state index contributed by atoms with van der Waals surface area (Å²) >= 11 is 3.36. The van der Waals surface area contributed by atoms with Gasteiger partial charge in [0, 0.05) is 10.2 Å². The number of hydrogen-bond acceptors (Lipinski definition) is 3. The lowest BCUT2D eigenvalue weighted by Crippen LogP contribution is -2.32. The van der Waals surface area contributed by atoms with Gasteiger partial charge in [0.25, 0.3) is 0 Å². The highest BCUT2D eigenvalue weighted by Gasteiger charge is 2.26. The van der Waals surface area contributed by atoms with Gasteiger partial charge in [-0.05, 0) is 54.4 Å². The Hall–Kier alpha value is -2.01. The van der Waals surface area contributed by atoms with Crippen LogP contribution < -0.4 is 10.1 Å². The van der Waals surface area contributed by atoms with Gasteiger partial charge in [0.05, 0.1) is 5.92 Å². The van der Waals surface area contributed by atoms with Crippen molar-refractivity contribution >= 4 is 27.5 Å². The number of ether oxygens (including phenoxy) is 1. The van der Waals surface area contributed by atoms with E-state index in [2.05, 4.69) is 21.2 Å². The number of carbonyl (C=O) groups excluding carboxylic acids is 1. The molecule has 0 radical (unpaired) electrons. The number of phenolic OH excluding ortho intramolecular Hbond substituents is 1. The fourth-order valence-electron chi connectivity index (χ4n) is 2.33. The molecule has 0 fully saturated rings. The molecular weight excluding hydrogens is 334 g/mol. The number of benzene rings is 2. The second-order valence-corrected chi connectivity index (χ2v) is 5.92. The minimum atomic E-state index is -0.261. The van der Waals surface area contributed by atoms with Crippen molar-refractivity contribution in [3.05, 3.63) is 52.5 Å². The predicted molar refractivity (Wildman–Crippen MR) is 83.6 cm³/mol. The van der Waals surface area contributed by atoms with Crippen LogP contribution in [0.3, 0.4) is 0 Å². The van der Waals surface area contributed by atoms with E-state index in [-0.39, 0.29) is 17.6 Å². The van der Waals surface area contributed by atoms with Crippen molar-refractivity contribution in [3.8, 4) is 11.5 Å². The highest BCUT2D eigenvalue weighted by molar-refractivity contribution is 9.10. The second-order valence-electron chi connectivity index (χ2n) is 5.00. The normalized spacial score (nSPS) is 16.7. The lowest BCUT2D eigenvalue weighted by molar-refractivity contribution is -0.121. The van der Waals surface area contributed by atoms with E-state index in [4.69, 9.17) is 4.74 Å². The van der Waals surface area contributed by atoms with Crippen molar-refractivity contribution in [2.24, 2.45) is 5.92 Å². The van der Waals surface area contributed by atoms with Crippen LogP contribution in [0.4, 0.5) is 5.69 Å². The summed E-state index contributed by atoms with van der Waals surface area (Å²) < 4.78 is 6.55. The van der Waals surface area contributed by atoms with Gasteiger partial charge in [-0.3, -0.25) is 4.79 Å². The number of amides is 1. The lowest BCUT2D eigenvalue weighted by atomic mass is 9.95. The maximum atomic E-state index is 12.3. The van der Waals surface area contributed by atoms with Gasteiger partial charge in [0.1, 0.15) is 18.1 Å². The molecule has 21 heavy (non-hydrogen) atoms. The van der Waals surface area contributed by atoms with E-state index >= 15 is 0 Å². The van der Waals surface area contributed by atoms with Gasteiger partial charge in [0.15, 0.2) is 0 Å². The molecule has 108 valence electrons. The molecule has 2 aromatic rings. The van der Waals surface area contributed by atoms with Crippen LogP contribution >= 0.6 is 15.9 Å². The molecule has 4 nitrogen and oxygen atoms in total. The van der Waals surface area contributed by atoms with Crippen LogP contribution in [0.1, 0.15) is 5.56 Å². The Balaban J connectivity index is 1.70. The van der Waals surface area contributed by atoms with Gasteiger partial charge in [-0.25, -0.2) is 0 Å². The third-order valence-electron chi connectivity index (χ3n) is 3.43. The summed E-state index contributed by atoms with van der Waals surface area (Å²) in [5.74, 6) is 0.584. The summed E-state index contributed by atoms with van der Waals surface area (Å²) in [6.07, 6.45) is 0.562. The fraction of sp³-hybridized carbons (Fsp3) is 0.188. The van der Waals surface area contributed by atoms with Crippen LogP contribution in [0.25, 0.3) is 0 Å². The molecule has 0 spiro atoms. The average Bonchev–Trinajstić information content (AvgIpc) is 2.48. The van der Waals surface area contributed by atoms with Crippen molar-refractivity contribution < 1.29 is 14.6 Å². The molecule has 2 N–H and O–H groups in total. The monoisotopic (exact) mass is 347 g/mol. The van der Waals surface area contributed by atoms with Gasteiger partial charge in [-0.2, -0.15) is 0 Å². The average molecular weight is 348 g/mol. The molecule has 1 aliphatic rings. The molecule has 1 aliphatic heterocycles. The summed E-state index contributed by atoms with van der Waals surface area (Å²) in [5.41, 5.74) is 1.61. The number of phenols is 1. The van der Waals surface area contributed by atoms with Gasteiger partial charge in [-0.15, -0.1) is 0 Å². The zero-order chi connectivity index (χ0) is 14.8. The van der Waals surface area contributed by atoms with E-state index in [9.17, 15) is 9.90 Å². The molecule has 0 saturated heterocycles. The number of carbonyl (C=O) groups is 1. The van der Waals surface area contributed by atoms with E-state index in [1.807, 2.05) is 24.3 Å². The zero-order valence-corrected chi connectivity index (χ0v) is 12.8. The molecule has 1 heterocycles. The molecule has 1 amide bonds. The molecule has 2 aromatic carbocycles. The maximum Gasteiger partial charge on any atom is 0.231 e. The third-order valence-corrected chi connectivity index (χ3v) is 3.96. The molecular formula is C16H14BrNO3. The van der Waals surface area contributed by atoms with E-state index in [1.165, 1.54) is 0 Å². The van der Waals surface area contributed by atoms with E-state index in [1.54, 1.807) is 18.2 Å². The molecule has 0 bridgehead atoms. The minimum Gasteiger partial charge on any atom is -0.508 e. The zero-order valence-electron chi connectivity index (χ0n) is 11.2. The van der Waals surface area contributed by atoms with Crippen LogP contribution in [0.5, 0.6) is 11.5 Å². The van der Waals surface area contributed by atoms with Gasteiger partial charge >= 0.3 is 0 Å². The molecule has 0 saturated carbocycles. The molecule has 0 aromatic heterocycles. The second kappa shape index (κ2) is 5.77. The first-order valence-corrected chi connectivity index (χ1v) is 7.42. The van der Waals surface area contributed by atoms with Gasteiger partial charge in [0.2, 0.25) is 5.91 Å². The van der Waals surface area contributed by atoms with Crippen LogP contribution in [0.15, 0.2) is 46.9 Å². The van der Waals surface area contributed by atoms with Gasteiger partial charge < -0.3 is 15.2 Å². The predicted octanol–water partition coefficient (Wildman–Crippen LogP) is 3.34. The summed E-state index contributed by atoms with van der Waals surface area (Å²) in [7, 11) is 0. The number of aromatic hydroxyl groups is 1. The fourth-order valence-corrected chi connectivity index (χ4v) is 2.59. The lowest BCUT2D eigenvalue weighted by Gasteiger charge is -2.24. The number of halogens is 1. The molecule has 1 atom stereocenters. The van der Waals surface area contributed by atoms with Crippen molar-refractivity contribution in [2.75, 3.05) is 11.9 Å². The Labute approximate surface area is 130 Å². The Kier molecular flexibility index (Phi) is 3.84. The minimum absolute atomic E-state index is 0.0775. The highest BCUT2D eigenvalue weighted by Crippen LogP contribution is 2.30. The smallest absolute Gasteiger partial charge is 0.231 e. The quantitative estimate of drug-likeness (QED) is 0.875. The third kappa shape index (κ3) is 3.19. The summed E-state index contributed by atoms with van der Waals surface area (Å²) in [5, 5.41) is 12.4. The first-order chi connectivity index (χ1) is 10.1. The Bertz CT molecular complexity index is 670. The number of fused-ring (bicyclic) bond motifs is 1. The molecule has 0 aliphatic carbocycles. The van der Waals surface area contributed by atoms with Crippen LogP contribution in [0, 0.1) is 5.92 Å². The maximum absolute atomic E-state index is 12.3. The van der Waals surface area contributed by atoms with Gasteiger partial charge in [-0.1, -0.05) is 15.9 Å². The van der Waals surface area contributed by atoms with E-state index < -0.39 is 0 Å². The first kappa shape index (κ1) is 13.9. The Morgan fingerprint density at radius 2 is 2.00 bits per heavy atom. The topological polar surface area (TPSA) is 58.6 Å². The van der Waals surface area contributed by atoms with Crippen molar-refractivity contribution in [1.82, 2.24) is 0 Å². The molecule has 1 unspecified atom stereocenters. The SMILES string of the molecule is O=C(Nc1ccc(Br)cc1)C1COc2ccc(O)cc2C1. The number of anilines is 1. The van der Waals surface area contributed by atoms with Crippen LogP contribution in [0.2, 0.25) is 0 Å². The van der Waals surface area contributed by atoms with E-state index in [0.717, 1.165) is 21.5 Å². The molecule has 5 heteroatoms. The number of hydrogen-bond donors (Lipinski definition) is 2. The number of nitrogens with one attached hydrogen (secondary N) is 1. The van der Waals surface area contributed by atoms with Crippen LogP contribution in [-0.2, 0) is 11.2 Å². The van der Waals surface area contributed by atoms with Crippen molar-refractivity contribution in [2.45, 2.75) is 6.42 Å². The molecule has 3 rings (SSSR count).